The average Bonchev–Trinajstić information content (AvgIpc) is 2.96. The van der Waals surface area contributed by atoms with Gasteiger partial charge in [0.25, 0.3) is 0 Å². The fourth-order valence-electron chi connectivity index (χ4n) is 2.74. The van der Waals surface area contributed by atoms with Crippen LogP contribution in [0.4, 0.5) is 0 Å². The summed E-state index contributed by atoms with van der Waals surface area (Å²) in [5.74, 6) is 1.88. The third-order valence-electron chi connectivity index (χ3n) is 4.63. The number of nitrogens with two attached hydrogens (primary N) is 1. The molecule has 0 bridgehead atoms. The lowest BCUT2D eigenvalue weighted by atomic mass is 9.88. The summed E-state index contributed by atoms with van der Waals surface area (Å²) < 4.78 is 0. The Bertz CT molecular complexity index is 199. The molecule has 3 atom stereocenters. The van der Waals surface area contributed by atoms with Crippen molar-refractivity contribution in [3.05, 3.63) is 0 Å². The predicted molar refractivity (Wildman–Crippen MR) is 71.5 cm³/mol. The Labute approximate surface area is 102 Å². The summed E-state index contributed by atoms with van der Waals surface area (Å²) in [6.07, 6.45) is 6.43. The van der Waals surface area contributed by atoms with Gasteiger partial charge in [0.2, 0.25) is 0 Å². The van der Waals surface area contributed by atoms with Crippen LogP contribution in [0.25, 0.3) is 0 Å². The average molecular weight is 226 g/mol. The predicted octanol–water partition coefficient (Wildman–Crippen LogP) is 2.87. The Kier molecular flexibility index (Phi) is 5.26. The number of likely N-dealkylation sites (N-methyl/N-ethyl adjacent to an activating group) is 1. The summed E-state index contributed by atoms with van der Waals surface area (Å²) in [6.45, 7) is 8.97. The molecule has 1 rings (SSSR count). The molecule has 96 valence electrons. The lowest BCUT2D eigenvalue weighted by molar-refractivity contribution is 0.101. The van der Waals surface area contributed by atoms with Crippen LogP contribution < -0.4 is 5.73 Å². The molecule has 0 aromatic heterocycles. The Hall–Kier alpha value is -0.0800. The molecule has 1 aliphatic carbocycles. The van der Waals surface area contributed by atoms with Crippen LogP contribution in [0.15, 0.2) is 0 Å². The van der Waals surface area contributed by atoms with Crippen LogP contribution in [0.3, 0.4) is 0 Å². The molecule has 0 saturated heterocycles. The van der Waals surface area contributed by atoms with Crippen molar-refractivity contribution in [1.29, 1.82) is 0 Å². The van der Waals surface area contributed by atoms with Gasteiger partial charge in [0.05, 0.1) is 0 Å². The Morgan fingerprint density at radius 1 is 1.38 bits per heavy atom. The van der Waals surface area contributed by atoms with Crippen molar-refractivity contribution >= 4 is 0 Å². The number of hydrogen-bond donors (Lipinski definition) is 1. The van der Waals surface area contributed by atoms with E-state index in [1.807, 2.05) is 0 Å². The number of nitrogens with zero attached hydrogens (tertiary/aromatic N) is 1. The minimum atomic E-state index is 0.262. The van der Waals surface area contributed by atoms with E-state index in [4.69, 9.17) is 5.73 Å². The van der Waals surface area contributed by atoms with Crippen LogP contribution in [0.2, 0.25) is 0 Å². The van der Waals surface area contributed by atoms with Gasteiger partial charge >= 0.3 is 0 Å². The molecule has 0 aromatic carbocycles. The highest BCUT2D eigenvalue weighted by atomic mass is 15.2. The lowest BCUT2D eigenvalue weighted by Gasteiger charge is -2.41. The highest BCUT2D eigenvalue weighted by molar-refractivity contribution is 4.93. The number of unbranched alkanes of at least 4 members (excludes halogenated alkanes) is 1. The molecule has 0 aliphatic heterocycles. The van der Waals surface area contributed by atoms with Crippen molar-refractivity contribution in [1.82, 2.24) is 4.90 Å². The van der Waals surface area contributed by atoms with Crippen molar-refractivity contribution in [3.8, 4) is 0 Å². The summed E-state index contributed by atoms with van der Waals surface area (Å²) in [6, 6.07) is 0. The van der Waals surface area contributed by atoms with Crippen molar-refractivity contribution in [2.24, 2.45) is 17.6 Å². The van der Waals surface area contributed by atoms with Gasteiger partial charge in [-0.2, -0.15) is 0 Å². The molecule has 2 heteroatoms. The van der Waals surface area contributed by atoms with Gasteiger partial charge in [-0.1, -0.05) is 33.6 Å². The Balaban J connectivity index is 2.51. The molecule has 0 radical (unpaired) electrons. The molecule has 16 heavy (non-hydrogen) atoms. The van der Waals surface area contributed by atoms with Gasteiger partial charge in [0.1, 0.15) is 0 Å². The molecule has 1 fully saturated rings. The maximum atomic E-state index is 6.05. The monoisotopic (exact) mass is 226 g/mol. The van der Waals surface area contributed by atoms with Crippen molar-refractivity contribution in [3.63, 3.8) is 0 Å². The third-order valence-corrected chi connectivity index (χ3v) is 4.63. The summed E-state index contributed by atoms with van der Waals surface area (Å²) >= 11 is 0. The van der Waals surface area contributed by atoms with E-state index in [-0.39, 0.29) is 5.54 Å². The minimum absolute atomic E-state index is 0.262. The van der Waals surface area contributed by atoms with Crippen molar-refractivity contribution in [2.75, 3.05) is 20.1 Å². The zero-order valence-electron chi connectivity index (χ0n) is 11.6. The van der Waals surface area contributed by atoms with Crippen LogP contribution in [0, 0.1) is 11.8 Å². The molecule has 2 nitrogen and oxygen atoms in total. The summed E-state index contributed by atoms with van der Waals surface area (Å²) in [7, 11) is 2.27. The Morgan fingerprint density at radius 2 is 2.00 bits per heavy atom. The van der Waals surface area contributed by atoms with E-state index in [0.717, 1.165) is 18.4 Å². The molecule has 0 heterocycles. The van der Waals surface area contributed by atoms with E-state index in [0.29, 0.717) is 0 Å². The van der Waals surface area contributed by atoms with Crippen LogP contribution in [-0.4, -0.2) is 30.6 Å². The number of hydrogen-bond acceptors (Lipinski definition) is 2. The van der Waals surface area contributed by atoms with Crippen molar-refractivity contribution < 1.29 is 0 Å². The van der Waals surface area contributed by atoms with Gasteiger partial charge in [-0.3, -0.25) is 4.90 Å². The first-order chi connectivity index (χ1) is 7.59. The van der Waals surface area contributed by atoms with Gasteiger partial charge in [-0.15, -0.1) is 0 Å². The molecule has 0 spiro atoms. The lowest BCUT2D eigenvalue weighted by Crippen LogP contribution is -2.52. The van der Waals surface area contributed by atoms with E-state index in [9.17, 15) is 0 Å². The first-order valence-corrected chi connectivity index (χ1v) is 7.01. The molecular formula is C14H30N2. The van der Waals surface area contributed by atoms with E-state index in [1.165, 1.54) is 38.6 Å². The molecule has 1 aliphatic rings. The first kappa shape index (κ1) is 14.0. The van der Waals surface area contributed by atoms with E-state index in [1.54, 1.807) is 0 Å². The zero-order valence-corrected chi connectivity index (χ0v) is 11.6. The van der Waals surface area contributed by atoms with Gasteiger partial charge in [-0.25, -0.2) is 0 Å². The van der Waals surface area contributed by atoms with Crippen LogP contribution in [0.1, 0.15) is 52.9 Å². The topological polar surface area (TPSA) is 29.3 Å². The summed E-state index contributed by atoms with van der Waals surface area (Å²) in [5, 5.41) is 0. The molecule has 2 N–H and O–H groups in total. The van der Waals surface area contributed by atoms with E-state index < -0.39 is 0 Å². The van der Waals surface area contributed by atoms with Gasteiger partial charge in [0, 0.05) is 18.6 Å². The van der Waals surface area contributed by atoms with E-state index in [2.05, 4.69) is 32.7 Å². The molecule has 1 saturated carbocycles. The van der Waals surface area contributed by atoms with E-state index >= 15 is 0 Å². The first-order valence-electron chi connectivity index (χ1n) is 7.01. The highest BCUT2D eigenvalue weighted by Gasteiger charge is 2.38. The molecular weight excluding hydrogens is 196 g/mol. The van der Waals surface area contributed by atoms with Gasteiger partial charge < -0.3 is 5.73 Å². The fourth-order valence-corrected chi connectivity index (χ4v) is 2.74. The fraction of sp³-hybridized carbons (Fsp3) is 1.00. The minimum Gasteiger partial charge on any atom is -0.329 e. The second-order valence-electron chi connectivity index (χ2n) is 5.74. The van der Waals surface area contributed by atoms with Crippen LogP contribution >= 0.6 is 0 Å². The summed E-state index contributed by atoms with van der Waals surface area (Å²) in [5.41, 5.74) is 6.31. The second kappa shape index (κ2) is 6.02. The smallest absolute Gasteiger partial charge is 0.0326 e. The Morgan fingerprint density at radius 3 is 2.38 bits per heavy atom. The third kappa shape index (κ3) is 3.21. The molecule has 3 unspecified atom stereocenters. The SMILES string of the molecule is CCCCC(CC)(CN)N(C)CC1CC1C. The number of rotatable bonds is 8. The largest absolute Gasteiger partial charge is 0.329 e. The maximum Gasteiger partial charge on any atom is 0.0326 e. The second-order valence-corrected chi connectivity index (χ2v) is 5.74. The molecule has 0 aromatic rings. The highest BCUT2D eigenvalue weighted by Crippen LogP contribution is 2.39. The maximum absolute atomic E-state index is 6.05. The van der Waals surface area contributed by atoms with Crippen LogP contribution in [0.5, 0.6) is 0 Å². The van der Waals surface area contributed by atoms with Gasteiger partial charge in [0.15, 0.2) is 0 Å². The quantitative estimate of drug-likeness (QED) is 0.689. The zero-order chi connectivity index (χ0) is 12.2. The standard InChI is InChI=1S/C14H30N2/c1-5-7-8-14(6-2,11-15)16(4)10-13-9-12(13)3/h12-13H,5-11,15H2,1-4H3. The van der Waals surface area contributed by atoms with Gasteiger partial charge in [-0.05, 0) is 38.1 Å². The normalized spacial score (nSPS) is 28.1. The summed E-state index contributed by atoms with van der Waals surface area (Å²) in [4.78, 5) is 2.55. The van der Waals surface area contributed by atoms with Crippen LogP contribution in [-0.2, 0) is 0 Å². The van der Waals surface area contributed by atoms with Crippen molar-refractivity contribution in [2.45, 2.75) is 58.4 Å². The molecule has 0 amide bonds.